The van der Waals surface area contributed by atoms with Gasteiger partial charge in [0.25, 0.3) is 0 Å². The van der Waals surface area contributed by atoms with Crippen molar-refractivity contribution >= 4 is 73.4 Å². The summed E-state index contributed by atoms with van der Waals surface area (Å²) in [6.07, 6.45) is 0. The quantitative estimate of drug-likeness (QED) is 0.104. The van der Waals surface area contributed by atoms with Gasteiger partial charge in [0, 0.05) is 47.7 Å². The van der Waals surface area contributed by atoms with Crippen LogP contribution in [0, 0.1) is 17.5 Å². The van der Waals surface area contributed by atoms with Gasteiger partial charge in [0.15, 0.2) is 14.3 Å². The third kappa shape index (κ3) is 11.8. The molecule has 0 unspecified atom stereocenters. The molecule has 0 amide bonds. The minimum atomic E-state index is -3.15. The molecule has 0 atom stereocenters. The zero-order valence-corrected chi connectivity index (χ0v) is 38.5. The Morgan fingerprint density at radius 3 is 0.818 bits per heavy atom. The highest BCUT2D eigenvalue weighted by molar-refractivity contribution is 9.10. The topological polar surface area (TPSA) is 105 Å². The average Bonchev–Trinajstić information content (AvgIpc) is 3.35. The van der Waals surface area contributed by atoms with Gasteiger partial charge in [-0.2, -0.15) is 0 Å². The van der Waals surface area contributed by atoms with Crippen molar-refractivity contribution in [2.75, 3.05) is 11.5 Å². The minimum absolute atomic E-state index is 0.201. The van der Waals surface area contributed by atoms with Gasteiger partial charge in [-0.25, -0.2) is 13.2 Å². The highest BCUT2D eigenvalue weighted by Crippen LogP contribution is 2.44. The molecule has 0 spiro atoms. The summed E-state index contributed by atoms with van der Waals surface area (Å²) < 4.78 is 79.7. The van der Waals surface area contributed by atoms with Gasteiger partial charge in [-0.3, -0.25) is 0 Å². The Balaban J connectivity index is 0.000000182. The predicted molar refractivity (Wildman–Crippen MR) is 268 cm³/mol. The average molecular weight is 982 g/mol. The van der Waals surface area contributed by atoms with E-state index in [0.29, 0.717) is 60.9 Å². The number of rotatable bonds is 10. The van der Waals surface area contributed by atoms with Gasteiger partial charge in [0.05, 0.1) is 0 Å². The predicted octanol–water partition coefficient (Wildman–Crippen LogP) is 12.3. The lowest BCUT2D eigenvalue weighted by atomic mass is 10.3. The van der Waals surface area contributed by atoms with E-state index in [2.05, 4.69) is 15.9 Å². The Kier molecular flexibility index (Phi) is 15.4. The summed E-state index contributed by atoms with van der Waals surface area (Å²) in [6.45, 7) is 0. The molecule has 9 aromatic rings. The molecule has 0 aliphatic rings. The number of anilines is 2. The summed E-state index contributed by atoms with van der Waals surface area (Å²) in [7, 11) is -6.29. The molecule has 9 rings (SSSR count). The molecule has 9 aromatic carbocycles. The molecule has 4 N–H and O–H groups in total. The maximum absolute atomic E-state index is 14.7. The maximum atomic E-state index is 14.7. The number of hydrogen-bond donors (Lipinski definition) is 2. The molecule has 6 nitrogen and oxygen atoms in total. The summed E-state index contributed by atoms with van der Waals surface area (Å²) in [5.74, 6) is 1.68. The van der Waals surface area contributed by atoms with Crippen LogP contribution in [0.2, 0.25) is 0 Å². The van der Waals surface area contributed by atoms with Gasteiger partial charge in [-0.05, 0) is 170 Å². The number of hydrogen-bond acceptors (Lipinski definition) is 6. The van der Waals surface area contributed by atoms with Crippen LogP contribution in [0.3, 0.4) is 0 Å². The fourth-order valence-electron chi connectivity index (χ4n) is 6.69. The van der Waals surface area contributed by atoms with Crippen LogP contribution in [0.1, 0.15) is 0 Å². The molecular formula is C54H42BrF3N2O4P2. The highest BCUT2D eigenvalue weighted by Gasteiger charge is 2.31. The molecule has 0 bridgehead atoms. The van der Waals surface area contributed by atoms with Crippen LogP contribution >= 0.6 is 30.2 Å². The molecule has 0 aromatic heterocycles. The molecule has 0 radical (unpaired) electrons. The number of benzene rings is 9. The van der Waals surface area contributed by atoms with E-state index in [4.69, 9.17) is 20.9 Å². The van der Waals surface area contributed by atoms with Crippen molar-refractivity contribution in [2.24, 2.45) is 0 Å². The summed E-state index contributed by atoms with van der Waals surface area (Å²) in [6, 6.07) is 65.0. The van der Waals surface area contributed by atoms with Crippen LogP contribution in [0.15, 0.2) is 235 Å². The molecule has 12 heteroatoms. The van der Waals surface area contributed by atoms with Crippen molar-refractivity contribution in [1.29, 1.82) is 0 Å². The third-order valence-electron chi connectivity index (χ3n) is 10.1. The van der Waals surface area contributed by atoms with Crippen molar-refractivity contribution < 1.29 is 31.8 Å². The number of halogens is 4. The summed E-state index contributed by atoms with van der Waals surface area (Å²) in [4.78, 5) is 0. The first kappa shape index (κ1) is 46.9. The largest absolute Gasteiger partial charge is 0.457 e. The van der Waals surface area contributed by atoms with Gasteiger partial charge in [-0.15, -0.1) is 0 Å². The lowest BCUT2D eigenvalue weighted by Crippen LogP contribution is -2.25. The SMILES string of the molecule is Fc1ccc(Br)cc1.Nc1ccc(Oc2ccc(P(=O)(c3ccccc3)c3ccc(Oc4ccc(N)cc4)cc3)cc2)cc1.O=P(c1ccccc1)(c1ccc(F)cc1)c1ccc(F)cc1. The summed E-state index contributed by atoms with van der Waals surface area (Å²) in [5, 5.41) is 3.85. The second-order valence-electron chi connectivity index (χ2n) is 14.6. The smallest absolute Gasteiger partial charge is 0.171 e. The Hall–Kier alpha value is -7.09. The third-order valence-corrected chi connectivity index (χ3v) is 16.7. The molecule has 0 saturated carbocycles. The van der Waals surface area contributed by atoms with Crippen LogP contribution in [0.25, 0.3) is 0 Å². The standard InChI is InChI=1S/C30H25N2O3P.C18H13F2OP.C6H4BrF/c31-22-6-10-24(11-7-22)34-26-14-18-29(19-15-26)36(33,28-4-2-1-3-5-28)30-20-16-27(17-21-30)35-25-12-8-23(32)9-13-25;19-14-6-10-17(11-7-14)22(21,16-4-2-1-3-5-16)18-12-8-15(20)9-13-18;7-5-1-3-6(8)4-2-5/h1-21H,31-32H2;1-13H;1-4H. The van der Waals surface area contributed by atoms with E-state index in [9.17, 15) is 22.3 Å². The van der Waals surface area contributed by atoms with Gasteiger partial charge in [-0.1, -0.05) is 76.6 Å². The van der Waals surface area contributed by atoms with Gasteiger partial charge < -0.3 is 30.1 Å². The van der Waals surface area contributed by atoms with Crippen LogP contribution in [-0.2, 0) is 9.13 Å². The molecule has 0 aliphatic carbocycles. The van der Waals surface area contributed by atoms with Crippen LogP contribution in [0.4, 0.5) is 24.5 Å². The molecule has 0 saturated heterocycles. The molecule has 0 heterocycles. The van der Waals surface area contributed by atoms with E-state index in [0.717, 1.165) is 9.78 Å². The van der Waals surface area contributed by atoms with Crippen molar-refractivity contribution in [3.05, 3.63) is 252 Å². The summed E-state index contributed by atoms with van der Waals surface area (Å²) in [5.41, 5.74) is 12.9. The molecule has 0 aliphatic heterocycles. The monoisotopic (exact) mass is 980 g/mol. The first-order valence-corrected chi connectivity index (χ1v) is 24.6. The molecule has 0 fully saturated rings. The van der Waals surface area contributed by atoms with Crippen molar-refractivity contribution in [3.8, 4) is 23.0 Å². The van der Waals surface area contributed by atoms with Crippen LogP contribution < -0.4 is 52.8 Å². The van der Waals surface area contributed by atoms with Crippen molar-refractivity contribution in [2.45, 2.75) is 0 Å². The lowest BCUT2D eigenvalue weighted by molar-refractivity contribution is 0.482. The van der Waals surface area contributed by atoms with Crippen LogP contribution in [-0.4, -0.2) is 0 Å². The van der Waals surface area contributed by atoms with Crippen LogP contribution in [0.5, 0.6) is 23.0 Å². The molecule has 330 valence electrons. The Morgan fingerprint density at radius 1 is 0.318 bits per heavy atom. The first-order valence-electron chi connectivity index (χ1n) is 20.4. The second kappa shape index (κ2) is 21.7. The zero-order valence-electron chi connectivity index (χ0n) is 35.1. The normalized spacial score (nSPS) is 11.0. The number of nitrogen functional groups attached to an aromatic ring is 2. The number of nitrogens with two attached hydrogens (primary N) is 2. The fourth-order valence-corrected chi connectivity index (χ4v) is 12.2. The van der Waals surface area contributed by atoms with Crippen molar-refractivity contribution in [3.63, 3.8) is 0 Å². The fraction of sp³-hybridized carbons (Fsp3) is 0. The molecule has 66 heavy (non-hydrogen) atoms. The van der Waals surface area contributed by atoms with E-state index in [-0.39, 0.29) is 17.5 Å². The van der Waals surface area contributed by atoms with Gasteiger partial charge in [0.2, 0.25) is 0 Å². The number of ether oxygens (including phenoxy) is 2. The minimum Gasteiger partial charge on any atom is -0.457 e. The van der Waals surface area contributed by atoms with E-state index >= 15 is 0 Å². The Bertz CT molecular complexity index is 2880. The Morgan fingerprint density at radius 2 is 0.545 bits per heavy atom. The van der Waals surface area contributed by atoms with E-state index in [1.54, 1.807) is 60.7 Å². The van der Waals surface area contributed by atoms with Crippen molar-refractivity contribution in [1.82, 2.24) is 0 Å². The maximum Gasteiger partial charge on any atom is 0.171 e. The molecular weight excluding hydrogens is 939 g/mol. The van der Waals surface area contributed by atoms with E-state index in [1.165, 1.54) is 60.7 Å². The lowest BCUT2D eigenvalue weighted by Gasteiger charge is -2.20. The van der Waals surface area contributed by atoms with Gasteiger partial charge in [0.1, 0.15) is 40.4 Å². The Labute approximate surface area is 390 Å². The van der Waals surface area contributed by atoms with Gasteiger partial charge >= 0.3 is 0 Å². The second-order valence-corrected chi connectivity index (χ2v) is 21.1. The summed E-state index contributed by atoms with van der Waals surface area (Å²) >= 11 is 3.18. The highest BCUT2D eigenvalue weighted by atomic mass is 79.9. The van der Waals surface area contributed by atoms with E-state index in [1.807, 2.05) is 109 Å². The van der Waals surface area contributed by atoms with E-state index < -0.39 is 14.3 Å². The zero-order chi connectivity index (χ0) is 46.5. The first-order chi connectivity index (χ1) is 31.9.